The quantitative estimate of drug-likeness (QED) is 0.486. The minimum Gasteiger partial charge on any atom is -0.444 e. The molecule has 0 aromatic heterocycles. The van der Waals surface area contributed by atoms with Crippen molar-refractivity contribution in [3.05, 3.63) is 54.1 Å². The Labute approximate surface area is 182 Å². The third kappa shape index (κ3) is 7.74. The molecule has 0 aliphatic carbocycles. The number of amides is 1. The number of hydrogen-bond donors (Lipinski definition) is 2. The van der Waals surface area contributed by atoms with E-state index in [1.54, 1.807) is 0 Å². The van der Waals surface area contributed by atoms with E-state index in [2.05, 4.69) is 79.9 Å². The van der Waals surface area contributed by atoms with Gasteiger partial charge in [-0.15, -0.1) is 0 Å². The van der Waals surface area contributed by atoms with Gasteiger partial charge in [-0.1, -0.05) is 70.0 Å². The van der Waals surface area contributed by atoms with Crippen LogP contribution in [0.1, 0.15) is 59.9 Å². The summed E-state index contributed by atoms with van der Waals surface area (Å²) in [5.74, 6) is 0.339. The van der Waals surface area contributed by atoms with Crippen molar-refractivity contribution in [1.29, 1.82) is 0 Å². The lowest BCUT2D eigenvalue weighted by Crippen LogP contribution is -2.45. The second kappa shape index (κ2) is 11.1. The maximum absolute atomic E-state index is 12.2. The number of alkyl carbamates (subject to hydrolysis) is 1. The molecule has 4 nitrogen and oxygen atoms in total. The van der Waals surface area contributed by atoms with Gasteiger partial charge in [0.1, 0.15) is 5.60 Å². The van der Waals surface area contributed by atoms with Gasteiger partial charge in [-0.2, -0.15) is 0 Å². The maximum Gasteiger partial charge on any atom is 0.407 e. The Morgan fingerprint density at radius 2 is 1.53 bits per heavy atom. The number of ether oxygens (including phenoxy) is 1. The number of carbonyl (C=O) groups excluding carboxylic acids is 1. The summed E-state index contributed by atoms with van der Waals surface area (Å²) >= 11 is 0. The van der Waals surface area contributed by atoms with E-state index in [4.69, 9.17) is 4.74 Å². The van der Waals surface area contributed by atoms with Crippen LogP contribution >= 0.6 is 0 Å². The Hall–Kier alpha value is -2.49. The zero-order valence-electron chi connectivity index (χ0n) is 19.4. The van der Waals surface area contributed by atoms with Gasteiger partial charge in [0.15, 0.2) is 0 Å². The van der Waals surface area contributed by atoms with Crippen molar-refractivity contribution in [2.75, 3.05) is 11.9 Å². The maximum atomic E-state index is 12.2. The molecule has 2 aromatic rings. The molecule has 2 unspecified atom stereocenters. The van der Waals surface area contributed by atoms with Crippen LogP contribution in [0.25, 0.3) is 11.1 Å². The molecule has 0 fully saturated rings. The third-order valence-electron chi connectivity index (χ3n) is 5.27. The van der Waals surface area contributed by atoms with Crippen LogP contribution in [0.2, 0.25) is 0 Å². The molecule has 0 saturated carbocycles. The average Bonchev–Trinajstić information content (AvgIpc) is 2.70. The van der Waals surface area contributed by atoms with Crippen molar-refractivity contribution in [3.63, 3.8) is 0 Å². The van der Waals surface area contributed by atoms with Crippen molar-refractivity contribution in [2.24, 2.45) is 5.92 Å². The molecular formula is C26H38N2O2. The highest BCUT2D eigenvalue weighted by molar-refractivity contribution is 5.68. The third-order valence-corrected chi connectivity index (χ3v) is 5.27. The van der Waals surface area contributed by atoms with Gasteiger partial charge >= 0.3 is 6.09 Å². The van der Waals surface area contributed by atoms with Crippen LogP contribution in [0.15, 0.2) is 48.5 Å². The molecule has 2 aromatic carbocycles. The van der Waals surface area contributed by atoms with Crippen molar-refractivity contribution < 1.29 is 9.53 Å². The summed E-state index contributed by atoms with van der Waals surface area (Å²) in [7, 11) is 0. The average molecular weight is 411 g/mol. The Morgan fingerprint density at radius 1 is 0.967 bits per heavy atom. The largest absolute Gasteiger partial charge is 0.444 e. The van der Waals surface area contributed by atoms with Crippen molar-refractivity contribution in [3.8, 4) is 11.1 Å². The summed E-state index contributed by atoms with van der Waals surface area (Å²) in [6.07, 6.45) is 2.91. The van der Waals surface area contributed by atoms with E-state index in [1.165, 1.54) is 23.1 Å². The van der Waals surface area contributed by atoms with Crippen LogP contribution in [0.5, 0.6) is 0 Å². The van der Waals surface area contributed by atoms with Crippen LogP contribution in [0.4, 0.5) is 10.5 Å². The number of carbonyl (C=O) groups is 1. The van der Waals surface area contributed by atoms with Gasteiger partial charge in [0, 0.05) is 12.2 Å². The molecule has 0 bridgehead atoms. The van der Waals surface area contributed by atoms with Gasteiger partial charge in [0.2, 0.25) is 0 Å². The Balaban J connectivity index is 1.97. The van der Waals surface area contributed by atoms with E-state index in [0.29, 0.717) is 12.5 Å². The highest BCUT2D eigenvalue weighted by Gasteiger charge is 2.22. The minimum atomic E-state index is -0.498. The fraction of sp³-hybridized carbons (Fsp3) is 0.500. The van der Waals surface area contributed by atoms with Crippen molar-refractivity contribution in [2.45, 2.75) is 72.4 Å². The zero-order valence-corrected chi connectivity index (χ0v) is 19.4. The highest BCUT2D eigenvalue weighted by atomic mass is 16.6. The number of anilines is 1. The molecule has 0 spiro atoms. The lowest BCUT2D eigenvalue weighted by molar-refractivity contribution is 0.0491. The normalized spacial score (nSPS) is 13.4. The molecule has 2 atom stereocenters. The standard InChI is InChI=1S/C26H38N2O2/c1-7-9-20-10-12-21(13-11-20)22-14-16-23(17-15-22)27-18-24(19(3)8-2)28-25(29)30-26(4,5)6/h10-17,19,24,27H,7-9,18H2,1-6H3,(H,28,29). The topological polar surface area (TPSA) is 50.4 Å². The molecule has 30 heavy (non-hydrogen) atoms. The van der Waals surface area contributed by atoms with Gasteiger partial charge in [-0.3, -0.25) is 0 Å². The number of benzene rings is 2. The van der Waals surface area contributed by atoms with Crippen LogP contribution in [0.3, 0.4) is 0 Å². The summed E-state index contributed by atoms with van der Waals surface area (Å²) in [6, 6.07) is 17.3. The smallest absolute Gasteiger partial charge is 0.407 e. The predicted octanol–water partition coefficient (Wildman–Crippen LogP) is 6.66. The van der Waals surface area contributed by atoms with Gasteiger partial charge < -0.3 is 15.4 Å². The number of aryl methyl sites for hydroxylation is 1. The molecule has 0 saturated heterocycles. The molecule has 0 radical (unpaired) electrons. The van der Waals surface area contributed by atoms with E-state index in [0.717, 1.165) is 18.5 Å². The van der Waals surface area contributed by atoms with E-state index in [-0.39, 0.29) is 12.1 Å². The monoisotopic (exact) mass is 410 g/mol. The fourth-order valence-corrected chi connectivity index (χ4v) is 3.30. The SMILES string of the molecule is CCCc1ccc(-c2ccc(NCC(NC(=O)OC(C)(C)C)C(C)CC)cc2)cc1. The first-order chi connectivity index (χ1) is 14.2. The summed E-state index contributed by atoms with van der Waals surface area (Å²) in [5.41, 5.74) is 4.36. The van der Waals surface area contributed by atoms with Crippen molar-refractivity contribution in [1.82, 2.24) is 5.32 Å². The Morgan fingerprint density at radius 3 is 2.03 bits per heavy atom. The molecule has 4 heteroatoms. The molecule has 164 valence electrons. The molecule has 2 rings (SSSR count). The first-order valence-corrected chi connectivity index (χ1v) is 11.1. The van der Waals surface area contributed by atoms with Crippen molar-refractivity contribution >= 4 is 11.8 Å². The van der Waals surface area contributed by atoms with Crippen LogP contribution in [-0.2, 0) is 11.2 Å². The second-order valence-corrected chi connectivity index (χ2v) is 9.04. The Bertz CT molecular complexity index is 776. The highest BCUT2D eigenvalue weighted by Crippen LogP contribution is 2.22. The lowest BCUT2D eigenvalue weighted by atomic mass is 9.99. The van der Waals surface area contributed by atoms with Crippen LogP contribution in [-0.4, -0.2) is 24.3 Å². The number of hydrogen-bond acceptors (Lipinski definition) is 3. The van der Waals surface area contributed by atoms with Gasteiger partial charge in [-0.05, 0) is 61.9 Å². The molecule has 0 heterocycles. The Kier molecular flexibility index (Phi) is 8.76. The minimum absolute atomic E-state index is 0.00404. The first kappa shape index (κ1) is 23.8. The predicted molar refractivity (Wildman–Crippen MR) is 127 cm³/mol. The van der Waals surface area contributed by atoms with Gasteiger partial charge in [-0.25, -0.2) is 4.79 Å². The van der Waals surface area contributed by atoms with E-state index in [9.17, 15) is 4.79 Å². The van der Waals surface area contributed by atoms with Crippen LogP contribution < -0.4 is 10.6 Å². The van der Waals surface area contributed by atoms with Gasteiger partial charge in [0.05, 0.1) is 6.04 Å². The van der Waals surface area contributed by atoms with E-state index < -0.39 is 5.60 Å². The molecule has 1 amide bonds. The summed E-state index contributed by atoms with van der Waals surface area (Å²) in [5, 5.41) is 6.49. The molecule has 0 aliphatic heterocycles. The zero-order chi connectivity index (χ0) is 22.1. The van der Waals surface area contributed by atoms with E-state index in [1.807, 2.05) is 20.8 Å². The number of rotatable bonds is 9. The van der Waals surface area contributed by atoms with Gasteiger partial charge in [0.25, 0.3) is 0 Å². The molecule has 2 N–H and O–H groups in total. The van der Waals surface area contributed by atoms with Crippen LogP contribution in [0, 0.1) is 5.92 Å². The molecule has 0 aliphatic rings. The molecular weight excluding hydrogens is 372 g/mol. The first-order valence-electron chi connectivity index (χ1n) is 11.1. The van der Waals surface area contributed by atoms with E-state index >= 15 is 0 Å². The fourth-order valence-electron chi connectivity index (χ4n) is 3.30. The number of nitrogens with one attached hydrogen (secondary N) is 2. The lowest BCUT2D eigenvalue weighted by Gasteiger charge is -2.27. The summed E-state index contributed by atoms with van der Waals surface area (Å²) < 4.78 is 5.43. The summed E-state index contributed by atoms with van der Waals surface area (Å²) in [6.45, 7) is 12.8. The summed E-state index contributed by atoms with van der Waals surface area (Å²) in [4.78, 5) is 12.2. The second-order valence-electron chi connectivity index (χ2n) is 9.04.